The summed E-state index contributed by atoms with van der Waals surface area (Å²) in [4.78, 5) is 4.90. The number of aromatic nitrogens is 2. The van der Waals surface area contributed by atoms with Crippen molar-refractivity contribution >= 4 is 22.6 Å². The number of hydrogen-bond acceptors (Lipinski definition) is 1. The molecule has 2 nitrogen and oxygen atoms in total. The van der Waals surface area contributed by atoms with E-state index in [9.17, 15) is 0 Å². The summed E-state index contributed by atoms with van der Waals surface area (Å²) >= 11 is 6.39. The van der Waals surface area contributed by atoms with Crippen molar-refractivity contribution < 1.29 is 0 Å². The lowest BCUT2D eigenvalue weighted by molar-refractivity contribution is 0.758. The molecular weight excluding hydrogens is 340 g/mol. The van der Waals surface area contributed by atoms with Gasteiger partial charge in [-0.15, -0.1) is 0 Å². The minimum atomic E-state index is 0.721. The summed E-state index contributed by atoms with van der Waals surface area (Å²) in [7, 11) is 0. The molecule has 0 N–H and O–H groups in total. The van der Waals surface area contributed by atoms with E-state index in [2.05, 4.69) is 60.9 Å². The van der Waals surface area contributed by atoms with Crippen LogP contribution in [0, 0.1) is 13.8 Å². The maximum absolute atomic E-state index is 6.39. The Bertz CT molecular complexity index is 1080. The van der Waals surface area contributed by atoms with Gasteiger partial charge in [-0.05, 0) is 48.7 Å². The van der Waals surface area contributed by atoms with Gasteiger partial charge in [0.15, 0.2) is 0 Å². The first-order chi connectivity index (χ1) is 12.6. The minimum Gasteiger partial charge on any atom is -0.323 e. The Kier molecular flexibility index (Phi) is 4.52. The van der Waals surface area contributed by atoms with Crippen LogP contribution in [0.3, 0.4) is 0 Å². The minimum absolute atomic E-state index is 0.721. The normalized spacial score (nSPS) is 11.2. The Balaban J connectivity index is 1.82. The fraction of sp³-hybridized carbons (Fsp3) is 0.174. The number of imidazole rings is 1. The lowest BCUT2D eigenvalue weighted by atomic mass is 10.1. The second-order valence-electron chi connectivity index (χ2n) is 6.80. The van der Waals surface area contributed by atoms with Crippen LogP contribution in [0.1, 0.15) is 28.1 Å². The van der Waals surface area contributed by atoms with E-state index in [1.54, 1.807) is 0 Å². The smallest absolute Gasteiger partial charge is 0.114 e. The van der Waals surface area contributed by atoms with E-state index in [1.807, 2.05) is 24.3 Å². The molecule has 0 aliphatic heterocycles. The van der Waals surface area contributed by atoms with Crippen LogP contribution in [0.5, 0.6) is 0 Å². The predicted octanol–water partition coefficient (Wildman–Crippen LogP) is 5.95. The zero-order valence-corrected chi connectivity index (χ0v) is 15.8. The van der Waals surface area contributed by atoms with Crippen LogP contribution < -0.4 is 0 Å². The second-order valence-corrected chi connectivity index (χ2v) is 7.21. The maximum atomic E-state index is 6.39. The van der Waals surface area contributed by atoms with E-state index >= 15 is 0 Å². The van der Waals surface area contributed by atoms with E-state index in [1.165, 1.54) is 16.7 Å². The molecule has 0 bridgehead atoms. The molecule has 0 aliphatic rings. The van der Waals surface area contributed by atoms with Crippen molar-refractivity contribution in [3.05, 3.63) is 99.8 Å². The monoisotopic (exact) mass is 360 g/mol. The van der Waals surface area contributed by atoms with E-state index < -0.39 is 0 Å². The van der Waals surface area contributed by atoms with Gasteiger partial charge in [0.1, 0.15) is 5.82 Å². The molecule has 4 rings (SSSR count). The molecule has 0 fully saturated rings. The van der Waals surface area contributed by atoms with E-state index in [4.69, 9.17) is 16.6 Å². The van der Waals surface area contributed by atoms with Crippen LogP contribution in [-0.4, -0.2) is 9.55 Å². The van der Waals surface area contributed by atoms with Gasteiger partial charge in [0.05, 0.1) is 11.0 Å². The van der Waals surface area contributed by atoms with Gasteiger partial charge in [-0.3, -0.25) is 0 Å². The Labute approximate surface area is 159 Å². The molecule has 0 radical (unpaired) electrons. The summed E-state index contributed by atoms with van der Waals surface area (Å²) in [5.41, 5.74) is 7.20. The number of fused-ring (bicyclic) bond motifs is 1. The highest BCUT2D eigenvalue weighted by Gasteiger charge is 2.13. The highest BCUT2D eigenvalue weighted by molar-refractivity contribution is 6.31. The molecule has 1 heterocycles. The Morgan fingerprint density at radius 2 is 1.65 bits per heavy atom. The second kappa shape index (κ2) is 6.97. The number of rotatable bonds is 4. The van der Waals surface area contributed by atoms with Crippen molar-refractivity contribution in [2.24, 2.45) is 0 Å². The summed E-state index contributed by atoms with van der Waals surface area (Å²) < 4.78 is 2.32. The molecule has 0 aliphatic carbocycles. The van der Waals surface area contributed by atoms with Gasteiger partial charge in [0.2, 0.25) is 0 Å². The first-order valence-corrected chi connectivity index (χ1v) is 9.23. The zero-order chi connectivity index (χ0) is 18.1. The molecule has 0 saturated heterocycles. The number of halogens is 1. The first kappa shape index (κ1) is 16.9. The number of nitrogens with zero attached hydrogens (tertiary/aromatic N) is 2. The van der Waals surface area contributed by atoms with Crippen LogP contribution in [0.25, 0.3) is 11.0 Å². The first-order valence-electron chi connectivity index (χ1n) is 8.85. The molecule has 0 saturated carbocycles. The molecular formula is C23H21ClN2. The Morgan fingerprint density at radius 1 is 0.885 bits per heavy atom. The highest BCUT2D eigenvalue weighted by Crippen LogP contribution is 2.24. The van der Waals surface area contributed by atoms with Crippen molar-refractivity contribution in [2.75, 3.05) is 0 Å². The van der Waals surface area contributed by atoms with Gasteiger partial charge in [0, 0.05) is 18.0 Å². The van der Waals surface area contributed by atoms with E-state index in [0.717, 1.165) is 40.4 Å². The Morgan fingerprint density at radius 3 is 2.50 bits per heavy atom. The summed E-state index contributed by atoms with van der Waals surface area (Å²) in [6.45, 7) is 5.12. The third-order valence-electron chi connectivity index (χ3n) is 4.87. The largest absolute Gasteiger partial charge is 0.323 e. The molecule has 3 heteroatoms. The molecule has 1 aromatic heterocycles. The number of benzene rings is 3. The molecule has 0 amide bonds. The fourth-order valence-electron chi connectivity index (χ4n) is 3.39. The van der Waals surface area contributed by atoms with Crippen LogP contribution in [0.15, 0.2) is 66.7 Å². The van der Waals surface area contributed by atoms with Gasteiger partial charge in [-0.2, -0.15) is 0 Å². The van der Waals surface area contributed by atoms with Crippen LogP contribution in [0.2, 0.25) is 5.02 Å². The van der Waals surface area contributed by atoms with E-state index in [-0.39, 0.29) is 0 Å². The molecule has 0 atom stereocenters. The summed E-state index contributed by atoms with van der Waals surface area (Å²) in [6, 6.07) is 23.0. The molecule has 0 spiro atoms. The zero-order valence-electron chi connectivity index (χ0n) is 15.0. The average Bonchev–Trinajstić information content (AvgIpc) is 2.97. The summed E-state index contributed by atoms with van der Waals surface area (Å²) in [5.74, 6) is 1.04. The molecule has 0 unspecified atom stereocenters. The third-order valence-corrected chi connectivity index (χ3v) is 5.24. The number of para-hydroxylation sites is 2. The molecule has 26 heavy (non-hydrogen) atoms. The van der Waals surface area contributed by atoms with E-state index in [0.29, 0.717) is 0 Å². The fourth-order valence-corrected chi connectivity index (χ4v) is 3.59. The quantitative estimate of drug-likeness (QED) is 0.440. The van der Waals surface area contributed by atoms with Crippen molar-refractivity contribution in [1.29, 1.82) is 0 Å². The van der Waals surface area contributed by atoms with Crippen molar-refractivity contribution in [1.82, 2.24) is 9.55 Å². The standard InChI is InChI=1S/C23H21ClN2/c1-16-11-12-17(2)19(13-16)15-26-22-10-6-5-9-21(22)25-23(26)14-18-7-3-4-8-20(18)24/h3-13H,14-15H2,1-2H3. The molecule has 3 aromatic carbocycles. The lowest BCUT2D eigenvalue weighted by Crippen LogP contribution is -2.07. The Hall–Kier alpha value is -2.58. The summed E-state index contributed by atoms with van der Waals surface area (Å²) in [5, 5.41) is 0.790. The van der Waals surface area contributed by atoms with Gasteiger partial charge in [-0.1, -0.05) is 65.7 Å². The van der Waals surface area contributed by atoms with Crippen molar-refractivity contribution in [2.45, 2.75) is 26.8 Å². The molecule has 130 valence electrons. The van der Waals surface area contributed by atoms with Crippen LogP contribution in [-0.2, 0) is 13.0 Å². The number of hydrogen-bond donors (Lipinski definition) is 0. The predicted molar refractivity (Wildman–Crippen MR) is 109 cm³/mol. The topological polar surface area (TPSA) is 17.8 Å². The summed E-state index contributed by atoms with van der Waals surface area (Å²) in [6.07, 6.45) is 0.721. The van der Waals surface area contributed by atoms with Gasteiger partial charge in [-0.25, -0.2) is 4.98 Å². The highest BCUT2D eigenvalue weighted by atomic mass is 35.5. The number of aryl methyl sites for hydroxylation is 2. The van der Waals surface area contributed by atoms with Crippen LogP contribution >= 0.6 is 11.6 Å². The van der Waals surface area contributed by atoms with Crippen molar-refractivity contribution in [3.8, 4) is 0 Å². The van der Waals surface area contributed by atoms with Gasteiger partial charge in [0.25, 0.3) is 0 Å². The van der Waals surface area contributed by atoms with Gasteiger partial charge < -0.3 is 4.57 Å². The van der Waals surface area contributed by atoms with Crippen molar-refractivity contribution in [3.63, 3.8) is 0 Å². The van der Waals surface area contributed by atoms with Gasteiger partial charge >= 0.3 is 0 Å². The average molecular weight is 361 g/mol. The van der Waals surface area contributed by atoms with Crippen LogP contribution in [0.4, 0.5) is 0 Å². The third kappa shape index (κ3) is 3.25. The SMILES string of the molecule is Cc1ccc(C)c(Cn2c(Cc3ccccc3Cl)nc3ccccc32)c1. The molecule has 4 aromatic rings. The lowest BCUT2D eigenvalue weighted by Gasteiger charge is -2.13. The maximum Gasteiger partial charge on any atom is 0.114 e.